The molecule has 0 heterocycles. The van der Waals surface area contributed by atoms with Gasteiger partial charge in [0.05, 0.1) is 20.1 Å². The summed E-state index contributed by atoms with van der Waals surface area (Å²) in [5, 5.41) is 13.7. The van der Waals surface area contributed by atoms with Crippen molar-refractivity contribution in [1.29, 1.82) is 0 Å². The van der Waals surface area contributed by atoms with Gasteiger partial charge >= 0.3 is 0 Å². The molecule has 0 amide bonds. The van der Waals surface area contributed by atoms with E-state index in [1.165, 1.54) is 36.4 Å². The minimum Gasteiger partial charge on any atom is -0.456 e. The maximum atomic E-state index is 12.2. The zero-order valence-electron chi connectivity index (χ0n) is 15.4. The number of benzene rings is 2. The van der Waals surface area contributed by atoms with Gasteiger partial charge in [0.2, 0.25) is 0 Å². The van der Waals surface area contributed by atoms with Crippen molar-refractivity contribution in [3.05, 3.63) is 51.5 Å². The average Bonchev–Trinajstić information content (AvgIpc) is 2.55. The van der Waals surface area contributed by atoms with E-state index in [2.05, 4.69) is 5.32 Å². The molecule has 7 nitrogen and oxygen atoms in total. The monoisotopic (exact) mass is 412 g/mol. The number of hydrogen-bond donors (Lipinski definition) is 1. The minimum atomic E-state index is -3.45. The zero-order chi connectivity index (χ0) is 20.4. The lowest BCUT2D eigenvalue weighted by atomic mass is 10.2. The first-order valence-electron chi connectivity index (χ1n) is 8.28. The smallest absolute Gasteiger partial charge is 0.292 e. The van der Waals surface area contributed by atoms with Crippen LogP contribution in [0.25, 0.3) is 0 Å². The van der Waals surface area contributed by atoms with E-state index in [0.717, 1.165) is 0 Å². The van der Waals surface area contributed by atoms with Crippen LogP contribution in [0.5, 0.6) is 11.5 Å². The molecule has 1 N–H and O–H groups in total. The van der Waals surface area contributed by atoms with E-state index in [4.69, 9.17) is 16.3 Å². The summed E-state index contributed by atoms with van der Waals surface area (Å²) in [5.74, 6) is 0.592. The first-order valence-corrected chi connectivity index (χ1v) is 10.2. The molecule has 2 rings (SSSR count). The molecule has 0 aliphatic heterocycles. The van der Waals surface area contributed by atoms with Crippen LogP contribution in [-0.2, 0) is 9.84 Å². The average molecular weight is 413 g/mol. The molecule has 9 heteroatoms. The molecule has 0 saturated carbocycles. The summed E-state index contributed by atoms with van der Waals surface area (Å²) in [7, 11) is -3.45. The lowest BCUT2D eigenvalue weighted by Gasteiger charge is -2.14. The van der Waals surface area contributed by atoms with Gasteiger partial charge in [-0.2, -0.15) is 0 Å². The molecule has 0 unspecified atom stereocenters. The Morgan fingerprint density at radius 1 is 1.11 bits per heavy atom. The number of rotatable bonds is 7. The summed E-state index contributed by atoms with van der Waals surface area (Å²) in [5.41, 5.74) is 0.253. The fraction of sp³-hybridized carbons (Fsp3) is 0.333. The molecule has 0 radical (unpaired) electrons. The second-order valence-electron chi connectivity index (χ2n) is 6.52. The SMILES string of the molecule is CC(C)Nc1cc(Oc2ccc(S(=O)(=O)C(C)C)cc2Cl)ccc1[N+](=O)[O-]. The van der Waals surface area contributed by atoms with Crippen LogP contribution in [0.1, 0.15) is 27.7 Å². The molecule has 0 bridgehead atoms. The van der Waals surface area contributed by atoms with Crippen LogP contribution >= 0.6 is 11.6 Å². The van der Waals surface area contributed by atoms with E-state index < -0.39 is 20.0 Å². The fourth-order valence-electron chi connectivity index (χ4n) is 2.30. The van der Waals surface area contributed by atoms with Crippen molar-refractivity contribution in [2.45, 2.75) is 43.9 Å². The molecule has 0 saturated heterocycles. The summed E-state index contributed by atoms with van der Waals surface area (Å²) in [6.07, 6.45) is 0. The van der Waals surface area contributed by atoms with E-state index in [-0.39, 0.29) is 27.4 Å². The summed E-state index contributed by atoms with van der Waals surface area (Å²) in [6.45, 7) is 6.91. The highest BCUT2D eigenvalue weighted by Crippen LogP contribution is 2.35. The van der Waals surface area contributed by atoms with E-state index >= 15 is 0 Å². The van der Waals surface area contributed by atoms with Crippen molar-refractivity contribution in [3.8, 4) is 11.5 Å². The second kappa shape index (κ2) is 8.14. The Morgan fingerprint density at radius 3 is 2.30 bits per heavy atom. The maximum absolute atomic E-state index is 12.2. The lowest BCUT2D eigenvalue weighted by molar-refractivity contribution is -0.384. The first-order chi connectivity index (χ1) is 12.5. The number of sulfone groups is 1. The van der Waals surface area contributed by atoms with E-state index in [1.807, 2.05) is 13.8 Å². The number of hydrogen-bond acceptors (Lipinski definition) is 6. The second-order valence-corrected chi connectivity index (χ2v) is 9.43. The molecule has 0 spiro atoms. The van der Waals surface area contributed by atoms with Gasteiger partial charge in [0.25, 0.3) is 5.69 Å². The van der Waals surface area contributed by atoms with Gasteiger partial charge in [0.15, 0.2) is 9.84 Å². The Morgan fingerprint density at radius 2 is 1.78 bits per heavy atom. The number of nitrogens with one attached hydrogen (secondary N) is 1. The van der Waals surface area contributed by atoms with Crippen LogP contribution in [0.4, 0.5) is 11.4 Å². The van der Waals surface area contributed by atoms with Gasteiger partial charge in [-0.05, 0) is 52.0 Å². The number of anilines is 1. The Kier molecular flexibility index (Phi) is 6.33. The molecule has 2 aromatic rings. The van der Waals surface area contributed by atoms with Gasteiger partial charge < -0.3 is 10.1 Å². The largest absolute Gasteiger partial charge is 0.456 e. The molecule has 0 aliphatic rings. The number of nitrogens with zero attached hydrogens (tertiary/aromatic N) is 1. The van der Waals surface area contributed by atoms with Gasteiger partial charge in [-0.25, -0.2) is 8.42 Å². The molecule has 146 valence electrons. The first kappa shape index (κ1) is 21.0. The van der Waals surface area contributed by atoms with Crippen molar-refractivity contribution in [1.82, 2.24) is 0 Å². The third-order valence-electron chi connectivity index (χ3n) is 3.69. The molecule has 2 aromatic carbocycles. The summed E-state index contributed by atoms with van der Waals surface area (Å²) < 4.78 is 30.2. The Labute approximate surface area is 163 Å². The lowest BCUT2D eigenvalue weighted by Crippen LogP contribution is -2.13. The number of nitro benzene ring substituents is 1. The molecule has 0 atom stereocenters. The zero-order valence-corrected chi connectivity index (χ0v) is 17.0. The Bertz CT molecular complexity index is 958. The molecule has 0 fully saturated rings. The number of ether oxygens (including phenoxy) is 1. The van der Waals surface area contributed by atoms with Gasteiger partial charge in [-0.15, -0.1) is 0 Å². The minimum absolute atomic E-state index is 0.0111. The highest BCUT2D eigenvalue weighted by atomic mass is 35.5. The topological polar surface area (TPSA) is 98.5 Å². The van der Waals surface area contributed by atoms with Crippen LogP contribution in [0, 0.1) is 10.1 Å². The number of nitro groups is 1. The summed E-state index contributed by atoms with van der Waals surface area (Å²) in [4.78, 5) is 10.8. The van der Waals surface area contributed by atoms with Gasteiger partial charge in [0, 0.05) is 18.2 Å². The molecule has 27 heavy (non-hydrogen) atoms. The van der Waals surface area contributed by atoms with E-state index in [1.54, 1.807) is 13.8 Å². The Balaban J connectivity index is 2.36. The molecule has 0 aliphatic carbocycles. The third-order valence-corrected chi connectivity index (χ3v) is 6.14. The van der Waals surface area contributed by atoms with Gasteiger partial charge in [-0.3, -0.25) is 10.1 Å². The molecular weight excluding hydrogens is 392 g/mol. The van der Waals surface area contributed by atoms with Gasteiger partial charge in [0.1, 0.15) is 17.2 Å². The van der Waals surface area contributed by atoms with Crippen molar-refractivity contribution >= 4 is 32.8 Å². The molecular formula is C18H21ClN2O5S. The predicted molar refractivity (Wildman–Crippen MR) is 106 cm³/mol. The van der Waals surface area contributed by atoms with Gasteiger partial charge in [-0.1, -0.05) is 11.6 Å². The van der Waals surface area contributed by atoms with E-state index in [9.17, 15) is 18.5 Å². The quantitative estimate of drug-likeness (QED) is 0.505. The van der Waals surface area contributed by atoms with Crippen molar-refractivity contribution in [3.63, 3.8) is 0 Å². The third kappa shape index (κ3) is 4.90. The van der Waals surface area contributed by atoms with Crippen molar-refractivity contribution in [2.75, 3.05) is 5.32 Å². The number of halogens is 1. The van der Waals surface area contributed by atoms with Crippen LogP contribution in [0.2, 0.25) is 5.02 Å². The predicted octanol–water partition coefficient (Wildman–Crippen LogP) is 5.04. The van der Waals surface area contributed by atoms with Crippen LogP contribution in [0.15, 0.2) is 41.3 Å². The fourth-order valence-corrected chi connectivity index (χ4v) is 3.67. The molecule has 0 aromatic heterocycles. The highest BCUT2D eigenvalue weighted by molar-refractivity contribution is 7.92. The normalized spacial score (nSPS) is 11.7. The Hall–Kier alpha value is -2.32. The summed E-state index contributed by atoms with van der Waals surface area (Å²) >= 11 is 6.18. The highest BCUT2D eigenvalue weighted by Gasteiger charge is 2.21. The van der Waals surface area contributed by atoms with Crippen molar-refractivity contribution < 1.29 is 18.1 Å². The van der Waals surface area contributed by atoms with Crippen LogP contribution < -0.4 is 10.1 Å². The van der Waals surface area contributed by atoms with Crippen LogP contribution in [0.3, 0.4) is 0 Å². The van der Waals surface area contributed by atoms with E-state index in [0.29, 0.717) is 11.4 Å². The van der Waals surface area contributed by atoms with Crippen molar-refractivity contribution in [2.24, 2.45) is 0 Å². The maximum Gasteiger partial charge on any atom is 0.292 e. The standard InChI is InChI=1S/C18H21ClN2O5S/c1-11(2)20-16-9-13(5-7-17(16)21(22)23)26-18-8-6-14(10-15(18)19)27(24,25)12(3)4/h5-12,20H,1-4H3. The summed E-state index contributed by atoms with van der Waals surface area (Å²) in [6, 6.07) is 8.52. The van der Waals surface area contributed by atoms with Crippen LogP contribution in [-0.4, -0.2) is 24.6 Å².